The second kappa shape index (κ2) is 55.7. The van der Waals surface area contributed by atoms with E-state index in [1.165, 1.54) is 238 Å². The highest BCUT2D eigenvalue weighted by Crippen LogP contribution is 2.17. The van der Waals surface area contributed by atoms with Crippen LogP contribution in [0.4, 0.5) is 0 Å². The Morgan fingerprint density at radius 2 is 0.500 bits per heavy atom. The molecule has 0 aromatic heterocycles. The molecule has 0 N–H and O–H groups in total. The largest absolute Gasteiger partial charge is 0.462 e. The molecule has 0 saturated heterocycles. The minimum absolute atomic E-state index is 0.0653. The lowest BCUT2D eigenvalue weighted by atomic mass is 10.0. The van der Waals surface area contributed by atoms with Crippen molar-refractivity contribution < 1.29 is 28.6 Å². The molecule has 1 atom stereocenters. The Morgan fingerprint density at radius 1 is 0.288 bits per heavy atom. The van der Waals surface area contributed by atoms with Crippen LogP contribution in [0.15, 0.2) is 12.2 Å². The third-order valence-corrected chi connectivity index (χ3v) is 13.5. The summed E-state index contributed by atoms with van der Waals surface area (Å²) in [6.07, 6.45) is 63.5. The van der Waals surface area contributed by atoms with Gasteiger partial charge in [0, 0.05) is 19.3 Å². The van der Waals surface area contributed by atoms with Gasteiger partial charge in [0.25, 0.3) is 0 Å². The number of ether oxygens (including phenoxy) is 3. The lowest BCUT2D eigenvalue weighted by molar-refractivity contribution is -0.167. The van der Waals surface area contributed by atoms with Crippen LogP contribution < -0.4 is 0 Å². The van der Waals surface area contributed by atoms with Gasteiger partial charge in [-0.1, -0.05) is 283 Å². The minimum Gasteiger partial charge on any atom is -0.462 e. The van der Waals surface area contributed by atoms with Gasteiger partial charge in [-0.25, -0.2) is 0 Å². The highest BCUT2D eigenvalue weighted by atomic mass is 16.6. The lowest BCUT2D eigenvalue weighted by Gasteiger charge is -2.18. The van der Waals surface area contributed by atoms with E-state index < -0.39 is 6.10 Å². The van der Waals surface area contributed by atoms with Crippen molar-refractivity contribution in [1.29, 1.82) is 0 Å². The third kappa shape index (κ3) is 53.1. The van der Waals surface area contributed by atoms with Crippen molar-refractivity contribution in [3.05, 3.63) is 12.2 Å². The molecule has 0 aliphatic carbocycles. The summed E-state index contributed by atoms with van der Waals surface area (Å²) in [6.45, 7) is 6.69. The lowest BCUT2D eigenvalue weighted by Crippen LogP contribution is -2.30. The zero-order valence-electron chi connectivity index (χ0n) is 44.7. The molecule has 0 spiro atoms. The first kappa shape index (κ1) is 64.2. The van der Waals surface area contributed by atoms with Crippen LogP contribution in [0, 0.1) is 0 Å². The average molecular weight is 932 g/mol. The summed E-state index contributed by atoms with van der Waals surface area (Å²) in [4.78, 5) is 38.1. The molecule has 0 fully saturated rings. The normalized spacial score (nSPS) is 12.0. The van der Waals surface area contributed by atoms with Crippen LogP contribution in [0.1, 0.15) is 335 Å². The second-order valence-corrected chi connectivity index (χ2v) is 20.3. The summed E-state index contributed by atoms with van der Waals surface area (Å²) in [5.41, 5.74) is 0. The van der Waals surface area contributed by atoms with E-state index in [2.05, 4.69) is 32.9 Å². The van der Waals surface area contributed by atoms with Gasteiger partial charge in [0.05, 0.1) is 0 Å². The molecular weight excluding hydrogens is 817 g/mol. The number of carbonyl (C=O) groups is 3. The first-order chi connectivity index (χ1) is 32.5. The van der Waals surface area contributed by atoms with Gasteiger partial charge in [-0.05, 0) is 44.9 Å². The fraction of sp³-hybridized carbons (Fsp3) is 0.917. The predicted molar refractivity (Wildman–Crippen MR) is 284 cm³/mol. The van der Waals surface area contributed by atoms with Crippen LogP contribution in [0.25, 0.3) is 0 Å². The van der Waals surface area contributed by atoms with E-state index in [4.69, 9.17) is 14.2 Å². The van der Waals surface area contributed by atoms with E-state index in [1.807, 2.05) is 0 Å². The number of unbranched alkanes of at least 4 members (excludes halogenated alkanes) is 42. The van der Waals surface area contributed by atoms with E-state index in [0.717, 1.165) is 57.8 Å². The number of esters is 3. The molecule has 0 aliphatic rings. The summed E-state index contributed by atoms with van der Waals surface area (Å²) in [6, 6.07) is 0. The van der Waals surface area contributed by atoms with Crippen LogP contribution in [-0.4, -0.2) is 37.2 Å². The maximum absolute atomic E-state index is 12.9. The van der Waals surface area contributed by atoms with E-state index in [1.54, 1.807) is 0 Å². The van der Waals surface area contributed by atoms with Crippen molar-refractivity contribution in [1.82, 2.24) is 0 Å². The predicted octanol–water partition coefficient (Wildman–Crippen LogP) is 19.7. The molecule has 0 radical (unpaired) electrons. The molecule has 0 heterocycles. The van der Waals surface area contributed by atoms with Gasteiger partial charge in [-0.2, -0.15) is 0 Å². The van der Waals surface area contributed by atoms with Gasteiger partial charge in [0.15, 0.2) is 6.10 Å². The Bertz CT molecular complexity index is 1020. The molecule has 0 unspecified atom stereocenters. The minimum atomic E-state index is -0.766. The van der Waals surface area contributed by atoms with Gasteiger partial charge in [0.1, 0.15) is 13.2 Å². The highest BCUT2D eigenvalue weighted by Gasteiger charge is 2.19. The first-order valence-corrected chi connectivity index (χ1v) is 29.7. The van der Waals surface area contributed by atoms with Crippen molar-refractivity contribution in [3.63, 3.8) is 0 Å². The maximum atomic E-state index is 12.9. The fourth-order valence-electron chi connectivity index (χ4n) is 9.03. The molecule has 66 heavy (non-hydrogen) atoms. The molecular formula is C60H114O6. The summed E-state index contributed by atoms with van der Waals surface area (Å²) >= 11 is 0. The van der Waals surface area contributed by atoms with Crippen LogP contribution in [0.2, 0.25) is 0 Å². The molecule has 0 bridgehead atoms. The van der Waals surface area contributed by atoms with E-state index >= 15 is 0 Å². The molecule has 0 saturated carbocycles. The van der Waals surface area contributed by atoms with Gasteiger partial charge >= 0.3 is 17.9 Å². The zero-order chi connectivity index (χ0) is 47.9. The maximum Gasteiger partial charge on any atom is 0.306 e. The van der Waals surface area contributed by atoms with Crippen LogP contribution in [-0.2, 0) is 28.6 Å². The SMILES string of the molecule is CCCCCCCCCC/C=C\CCCCCCCCCC(=O)OC[C@@H](COC(=O)CCCCCCCCCCCCCC)OC(=O)CCCCCCCCCCCCCCCCCCC. The molecule has 6 nitrogen and oxygen atoms in total. The average Bonchev–Trinajstić information content (AvgIpc) is 3.31. The molecule has 0 rings (SSSR count). The van der Waals surface area contributed by atoms with Crippen LogP contribution in [0.5, 0.6) is 0 Å². The molecule has 0 amide bonds. The molecule has 6 heteroatoms. The van der Waals surface area contributed by atoms with Crippen molar-refractivity contribution in [2.75, 3.05) is 13.2 Å². The van der Waals surface area contributed by atoms with E-state index in [-0.39, 0.29) is 31.1 Å². The van der Waals surface area contributed by atoms with Crippen LogP contribution in [0.3, 0.4) is 0 Å². The summed E-state index contributed by atoms with van der Waals surface area (Å²) in [5.74, 6) is -0.845. The van der Waals surface area contributed by atoms with Gasteiger partial charge in [-0.3, -0.25) is 14.4 Å². The Balaban J connectivity index is 4.28. The quantitative estimate of drug-likeness (QED) is 0.0262. The van der Waals surface area contributed by atoms with Crippen molar-refractivity contribution in [2.45, 2.75) is 341 Å². The summed E-state index contributed by atoms with van der Waals surface area (Å²) < 4.78 is 16.9. The number of rotatable bonds is 55. The molecule has 0 aliphatic heterocycles. The Kier molecular flexibility index (Phi) is 54.2. The van der Waals surface area contributed by atoms with Gasteiger partial charge in [-0.15, -0.1) is 0 Å². The Morgan fingerprint density at radius 3 is 0.758 bits per heavy atom. The highest BCUT2D eigenvalue weighted by molar-refractivity contribution is 5.71. The van der Waals surface area contributed by atoms with Crippen molar-refractivity contribution in [3.8, 4) is 0 Å². The van der Waals surface area contributed by atoms with Crippen molar-refractivity contribution >= 4 is 17.9 Å². The molecule has 0 aromatic rings. The monoisotopic (exact) mass is 931 g/mol. The first-order valence-electron chi connectivity index (χ1n) is 29.7. The molecule has 0 aromatic carbocycles. The second-order valence-electron chi connectivity index (χ2n) is 20.3. The summed E-state index contributed by atoms with van der Waals surface area (Å²) in [5, 5.41) is 0. The van der Waals surface area contributed by atoms with Crippen molar-refractivity contribution in [2.24, 2.45) is 0 Å². The standard InChI is InChI=1S/C60H114O6/c1-4-7-10-13-16-19-22-25-27-29-30-32-33-35-38-41-44-47-50-53-59(62)65-56-57(55-64-58(61)52-49-46-43-40-37-24-21-18-15-12-9-6-3)66-60(63)54-51-48-45-42-39-36-34-31-28-26-23-20-17-14-11-8-5-2/h29-30,57H,4-28,31-56H2,1-3H3/b30-29-/t57-/m1/s1. The Labute approximate surface area is 411 Å². The number of hydrogen-bond donors (Lipinski definition) is 0. The Hall–Kier alpha value is -1.85. The zero-order valence-corrected chi connectivity index (χ0v) is 44.7. The van der Waals surface area contributed by atoms with E-state index in [0.29, 0.717) is 19.3 Å². The van der Waals surface area contributed by atoms with E-state index in [9.17, 15) is 14.4 Å². The van der Waals surface area contributed by atoms with Crippen LogP contribution >= 0.6 is 0 Å². The number of carbonyl (C=O) groups excluding carboxylic acids is 3. The summed E-state index contributed by atoms with van der Waals surface area (Å²) in [7, 11) is 0. The topological polar surface area (TPSA) is 78.9 Å². The van der Waals surface area contributed by atoms with Gasteiger partial charge < -0.3 is 14.2 Å². The van der Waals surface area contributed by atoms with Gasteiger partial charge in [0.2, 0.25) is 0 Å². The fourth-order valence-corrected chi connectivity index (χ4v) is 9.03. The smallest absolute Gasteiger partial charge is 0.306 e. The number of hydrogen-bond acceptors (Lipinski definition) is 6. The number of allylic oxidation sites excluding steroid dienone is 2. The molecule has 390 valence electrons. The third-order valence-electron chi connectivity index (χ3n) is 13.5.